The molecule has 2 aliphatic heterocycles. The van der Waals surface area contributed by atoms with Gasteiger partial charge in [-0.1, -0.05) is 6.07 Å². The Labute approximate surface area is 187 Å². The lowest BCUT2D eigenvalue weighted by molar-refractivity contribution is -0.137. The molecule has 1 fully saturated rings. The van der Waals surface area contributed by atoms with Gasteiger partial charge in [-0.15, -0.1) is 0 Å². The fourth-order valence-corrected chi connectivity index (χ4v) is 4.52. The standard InChI is InChI=1S/C22H17F3N4O2S/c1-21(2)19(31)28(14-5-4-13(11-26)17(10-14)22(23,24)25)20(32)29(21)15-6-3-12-7-8-27-18(30)16(12)9-15/h3-6,9-10H,7-8H2,1-2H3,(H,27,30). The van der Waals surface area contributed by atoms with Gasteiger partial charge in [-0.05, 0) is 68.4 Å². The first-order chi connectivity index (χ1) is 15.0. The highest BCUT2D eigenvalue weighted by atomic mass is 32.1. The Balaban J connectivity index is 1.80. The normalized spacial score (nSPS) is 17.8. The molecular formula is C22H17F3N4O2S. The van der Waals surface area contributed by atoms with Crippen molar-refractivity contribution >= 4 is 40.5 Å². The molecule has 164 valence electrons. The van der Waals surface area contributed by atoms with Crippen LogP contribution in [0.25, 0.3) is 0 Å². The van der Waals surface area contributed by atoms with Crippen molar-refractivity contribution in [2.75, 3.05) is 16.3 Å². The summed E-state index contributed by atoms with van der Waals surface area (Å²) in [4.78, 5) is 28.1. The van der Waals surface area contributed by atoms with Crippen molar-refractivity contribution in [1.82, 2.24) is 5.32 Å². The number of carbonyl (C=O) groups is 2. The van der Waals surface area contributed by atoms with Gasteiger partial charge in [0.25, 0.3) is 11.8 Å². The smallest absolute Gasteiger partial charge is 0.352 e. The van der Waals surface area contributed by atoms with Gasteiger partial charge in [0.05, 0.1) is 22.9 Å². The topological polar surface area (TPSA) is 76.4 Å². The molecule has 2 aliphatic rings. The van der Waals surface area contributed by atoms with E-state index >= 15 is 0 Å². The zero-order valence-corrected chi connectivity index (χ0v) is 17.9. The van der Waals surface area contributed by atoms with Gasteiger partial charge in [0.1, 0.15) is 5.54 Å². The number of carbonyl (C=O) groups excluding carboxylic acids is 2. The van der Waals surface area contributed by atoms with E-state index in [4.69, 9.17) is 17.5 Å². The number of thiocarbonyl (C=S) groups is 1. The molecule has 32 heavy (non-hydrogen) atoms. The molecule has 2 amide bonds. The van der Waals surface area contributed by atoms with Crippen LogP contribution in [0, 0.1) is 11.3 Å². The number of halogens is 3. The summed E-state index contributed by atoms with van der Waals surface area (Å²) in [5.41, 5.74) is -1.18. The molecule has 0 spiro atoms. The quantitative estimate of drug-likeness (QED) is 0.694. The number of rotatable bonds is 2. The molecule has 1 saturated heterocycles. The number of benzene rings is 2. The number of nitrogens with one attached hydrogen (secondary N) is 1. The summed E-state index contributed by atoms with van der Waals surface area (Å²) in [7, 11) is 0. The van der Waals surface area contributed by atoms with Gasteiger partial charge in [0.15, 0.2) is 5.11 Å². The summed E-state index contributed by atoms with van der Waals surface area (Å²) < 4.78 is 40.4. The summed E-state index contributed by atoms with van der Waals surface area (Å²) in [6.45, 7) is 3.75. The van der Waals surface area contributed by atoms with E-state index in [0.29, 0.717) is 24.2 Å². The maximum atomic E-state index is 13.5. The highest BCUT2D eigenvalue weighted by Gasteiger charge is 2.51. The molecule has 0 aromatic heterocycles. The molecule has 1 N–H and O–H groups in total. The van der Waals surface area contributed by atoms with E-state index < -0.39 is 28.7 Å². The third kappa shape index (κ3) is 3.29. The van der Waals surface area contributed by atoms with Crippen LogP contribution in [0.5, 0.6) is 0 Å². The molecule has 2 aromatic rings. The Morgan fingerprint density at radius 3 is 2.47 bits per heavy atom. The number of anilines is 2. The summed E-state index contributed by atoms with van der Waals surface area (Å²) in [6, 6.07) is 9.72. The largest absolute Gasteiger partial charge is 0.417 e. The molecule has 10 heteroatoms. The Hall–Kier alpha value is -3.45. The molecule has 0 saturated carbocycles. The molecule has 4 rings (SSSR count). The molecule has 2 heterocycles. The van der Waals surface area contributed by atoms with Crippen molar-refractivity contribution in [2.24, 2.45) is 0 Å². The van der Waals surface area contributed by atoms with E-state index in [-0.39, 0.29) is 16.7 Å². The van der Waals surface area contributed by atoms with Crippen LogP contribution in [-0.4, -0.2) is 29.0 Å². The van der Waals surface area contributed by atoms with Crippen molar-refractivity contribution in [3.63, 3.8) is 0 Å². The predicted molar refractivity (Wildman–Crippen MR) is 115 cm³/mol. The predicted octanol–water partition coefficient (Wildman–Crippen LogP) is 3.78. The molecule has 0 radical (unpaired) electrons. The van der Waals surface area contributed by atoms with Gasteiger partial charge >= 0.3 is 6.18 Å². The van der Waals surface area contributed by atoms with Gasteiger partial charge < -0.3 is 10.2 Å². The van der Waals surface area contributed by atoms with Gasteiger partial charge in [0.2, 0.25) is 0 Å². The minimum absolute atomic E-state index is 0.0194. The van der Waals surface area contributed by atoms with Crippen molar-refractivity contribution in [3.05, 3.63) is 58.7 Å². The van der Waals surface area contributed by atoms with Crippen LogP contribution in [-0.2, 0) is 17.4 Å². The number of nitrogens with zero attached hydrogens (tertiary/aromatic N) is 3. The van der Waals surface area contributed by atoms with Crippen LogP contribution in [0.15, 0.2) is 36.4 Å². The minimum Gasteiger partial charge on any atom is -0.352 e. The number of alkyl halides is 3. The number of nitriles is 1. The van der Waals surface area contributed by atoms with Gasteiger partial charge in [-0.3, -0.25) is 14.5 Å². The lowest BCUT2D eigenvalue weighted by Crippen LogP contribution is -2.44. The maximum absolute atomic E-state index is 13.5. The summed E-state index contributed by atoms with van der Waals surface area (Å²) in [6.07, 6.45) is -4.10. The summed E-state index contributed by atoms with van der Waals surface area (Å²) >= 11 is 5.52. The molecule has 2 aromatic carbocycles. The third-order valence-electron chi connectivity index (χ3n) is 5.63. The van der Waals surface area contributed by atoms with E-state index in [1.54, 1.807) is 32.0 Å². The van der Waals surface area contributed by atoms with Gasteiger partial charge in [-0.2, -0.15) is 18.4 Å². The SMILES string of the molecule is CC1(C)C(=O)N(c2ccc(C#N)c(C(F)(F)F)c2)C(=S)N1c1ccc2c(c1)C(=O)NCC2. The lowest BCUT2D eigenvalue weighted by atomic mass is 9.97. The second-order valence-electron chi connectivity index (χ2n) is 8.00. The number of hydrogen-bond acceptors (Lipinski definition) is 4. The second kappa shape index (κ2) is 7.31. The minimum atomic E-state index is -4.77. The highest BCUT2D eigenvalue weighted by molar-refractivity contribution is 7.81. The third-order valence-corrected chi connectivity index (χ3v) is 6.00. The van der Waals surface area contributed by atoms with Crippen molar-refractivity contribution < 1.29 is 22.8 Å². The van der Waals surface area contributed by atoms with Gasteiger partial charge in [-0.25, -0.2) is 0 Å². The van der Waals surface area contributed by atoms with Crippen LogP contribution in [0.3, 0.4) is 0 Å². The summed E-state index contributed by atoms with van der Waals surface area (Å²) in [5.74, 6) is -0.761. The monoisotopic (exact) mass is 458 g/mol. The Morgan fingerprint density at radius 1 is 1.12 bits per heavy atom. The van der Waals surface area contributed by atoms with Crippen molar-refractivity contribution in [1.29, 1.82) is 5.26 Å². The number of fused-ring (bicyclic) bond motifs is 1. The molecule has 6 nitrogen and oxygen atoms in total. The Bertz CT molecular complexity index is 1220. The highest BCUT2D eigenvalue weighted by Crippen LogP contribution is 2.40. The van der Waals surface area contributed by atoms with Crippen molar-refractivity contribution in [3.8, 4) is 6.07 Å². The van der Waals surface area contributed by atoms with E-state index in [2.05, 4.69) is 5.32 Å². The molecule has 0 bridgehead atoms. The van der Waals surface area contributed by atoms with Crippen LogP contribution >= 0.6 is 12.2 Å². The molecule has 0 aliphatic carbocycles. The zero-order chi connectivity index (χ0) is 23.4. The van der Waals surface area contributed by atoms with E-state index in [1.807, 2.05) is 0 Å². The fourth-order valence-electron chi connectivity index (χ4n) is 4.00. The average molecular weight is 458 g/mol. The lowest BCUT2D eigenvalue weighted by Gasteiger charge is -2.30. The number of hydrogen-bond donors (Lipinski definition) is 1. The van der Waals surface area contributed by atoms with Crippen LogP contribution in [0.4, 0.5) is 24.5 Å². The van der Waals surface area contributed by atoms with Crippen LogP contribution in [0.2, 0.25) is 0 Å². The van der Waals surface area contributed by atoms with Gasteiger partial charge in [0, 0.05) is 17.8 Å². The zero-order valence-electron chi connectivity index (χ0n) is 17.1. The van der Waals surface area contributed by atoms with Crippen LogP contribution < -0.4 is 15.1 Å². The summed E-state index contributed by atoms with van der Waals surface area (Å²) in [5, 5.41) is 11.8. The first-order valence-corrected chi connectivity index (χ1v) is 10.1. The molecule has 0 atom stereocenters. The van der Waals surface area contributed by atoms with Crippen molar-refractivity contribution in [2.45, 2.75) is 32.0 Å². The molecule has 0 unspecified atom stereocenters. The van der Waals surface area contributed by atoms with Crippen LogP contribution in [0.1, 0.15) is 40.9 Å². The van der Waals surface area contributed by atoms with E-state index in [0.717, 1.165) is 22.6 Å². The maximum Gasteiger partial charge on any atom is 0.417 e. The number of amides is 2. The molecular weight excluding hydrogens is 441 g/mol. The van der Waals surface area contributed by atoms with E-state index in [1.165, 1.54) is 17.0 Å². The average Bonchev–Trinajstić information content (AvgIpc) is 2.91. The first kappa shape index (κ1) is 21.8. The Morgan fingerprint density at radius 2 is 1.81 bits per heavy atom. The second-order valence-corrected chi connectivity index (χ2v) is 8.37. The van der Waals surface area contributed by atoms with E-state index in [9.17, 15) is 22.8 Å². The first-order valence-electron chi connectivity index (χ1n) is 9.68. The Kier molecular flexibility index (Phi) is 4.97. The fraction of sp³-hybridized carbons (Fsp3) is 0.273.